The number of hydrogen-bond acceptors (Lipinski definition) is 4. The van der Waals surface area contributed by atoms with Gasteiger partial charge in [-0.3, -0.25) is 0 Å². The maximum absolute atomic E-state index is 4.07. The van der Waals surface area contributed by atoms with Crippen LogP contribution >= 0.6 is 50.5 Å². The fraction of sp³-hybridized carbons (Fsp3) is 1.00. The first-order chi connectivity index (χ1) is 3.63. The lowest BCUT2D eigenvalue weighted by atomic mass is 10.4. The average Bonchev–Trinajstić information content (AvgIpc) is 1.61. The summed E-state index contributed by atoms with van der Waals surface area (Å²) in [6.45, 7) is 0. The molecule has 0 aliphatic heterocycles. The van der Waals surface area contributed by atoms with Gasteiger partial charge in [0.05, 0.1) is 0 Å². The minimum atomic E-state index is 0.178. The lowest BCUT2D eigenvalue weighted by molar-refractivity contribution is 0.866. The largest absolute Gasteiger partial charge is 0.165 e. The van der Waals surface area contributed by atoms with E-state index in [1.165, 1.54) is 0 Å². The fourth-order valence-corrected chi connectivity index (χ4v) is 0.894. The lowest BCUT2D eigenvalue weighted by Gasteiger charge is -2.03. The second-order valence-electron chi connectivity index (χ2n) is 1.54. The van der Waals surface area contributed by atoms with Crippen molar-refractivity contribution in [2.45, 2.75) is 22.0 Å². The van der Waals surface area contributed by atoms with Gasteiger partial charge in [-0.25, -0.2) is 0 Å². The molecular formula is C4H10S4. The number of hydrogen-bond donors (Lipinski definition) is 4. The van der Waals surface area contributed by atoms with Crippen LogP contribution in [0.4, 0.5) is 0 Å². The Morgan fingerprint density at radius 3 is 1.12 bits per heavy atom. The summed E-state index contributed by atoms with van der Waals surface area (Å²) in [4.78, 5) is 0. The zero-order chi connectivity index (χ0) is 6.57. The van der Waals surface area contributed by atoms with Crippen molar-refractivity contribution >= 4 is 50.5 Å². The molecule has 0 bridgehead atoms. The maximum atomic E-state index is 4.07. The Bertz CT molecular complexity index is 44.0. The predicted molar refractivity (Wildman–Crippen MR) is 52.8 cm³/mol. The van der Waals surface area contributed by atoms with Gasteiger partial charge in [-0.1, -0.05) is 0 Å². The van der Waals surface area contributed by atoms with E-state index in [0.29, 0.717) is 0 Å². The van der Waals surface area contributed by atoms with E-state index < -0.39 is 0 Å². The van der Waals surface area contributed by atoms with Crippen LogP contribution in [0.5, 0.6) is 0 Å². The molecule has 0 saturated heterocycles. The summed E-state index contributed by atoms with van der Waals surface area (Å²) in [6.07, 6.45) is 1.92. The van der Waals surface area contributed by atoms with Gasteiger partial charge in [-0.15, -0.1) is 0 Å². The third kappa shape index (κ3) is 7.40. The highest BCUT2D eigenvalue weighted by Crippen LogP contribution is 2.14. The van der Waals surface area contributed by atoms with E-state index in [-0.39, 0.29) is 9.16 Å². The van der Waals surface area contributed by atoms with Crippen LogP contribution in [0.2, 0.25) is 0 Å². The topological polar surface area (TPSA) is 0 Å². The van der Waals surface area contributed by atoms with Gasteiger partial charge < -0.3 is 0 Å². The molecule has 0 atom stereocenters. The Morgan fingerprint density at radius 2 is 1.00 bits per heavy atom. The van der Waals surface area contributed by atoms with E-state index in [2.05, 4.69) is 50.5 Å². The van der Waals surface area contributed by atoms with Crippen LogP contribution < -0.4 is 0 Å². The molecule has 0 radical (unpaired) electrons. The summed E-state index contributed by atoms with van der Waals surface area (Å²) in [5, 5.41) is 0. The molecular weight excluding hydrogens is 176 g/mol. The average molecular weight is 186 g/mol. The van der Waals surface area contributed by atoms with Crippen LogP contribution in [-0.2, 0) is 0 Å². The van der Waals surface area contributed by atoms with Crippen molar-refractivity contribution < 1.29 is 0 Å². The lowest BCUT2D eigenvalue weighted by Crippen LogP contribution is -1.92. The highest BCUT2D eigenvalue weighted by Gasteiger charge is 1.98. The maximum Gasteiger partial charge on any atom is 0.0443 e. The molecule has 0 rings (SSSR count). The van der Waals surface area contributed by atoms with Gasteiger partial charge >= 0.3 is 0 Å². The summed E-state index contributed by atoms with van der Waals surface area (Å²) < 4.78 is 0.355. The van der Waals surface area contributed by atoms with Crippen molar-refractivity contribution in [3.05, 3.63) is 0 Å². The standard InChI is InChI=1S/C4H10S4/c5-3(6)1-2-4(7)8/h3-8H,1-2H2. The minimum absolute atomic E-state index is 0.178. The molecule has 4 heteroatoms. The molecule has 0 aromatic carbocycles. The number of rotatable bonds is 3. The van der Waals surface area contributed by atoms with E-state index in [0.717, 1.165) is 12.8 Å². The molecule has 0 aromatic heterocycles. The van der Waals surface area contributed by atoms with Gasteiger partial charge in [-0.2, -0.15) is 50.5 Å². The third-order valence-corrected chi connectivity index (χ3v) is 1.72. The van der Waals surface area contributed by atoms with Gasteiger partial charge in [0.2, 0.25) is 0 Å². The second kappa shape index (κ2) is 5.21. The molecule has 50 valence electrons. The normalized spacial score (nSPS) is 11.2. The smallest absolute Gasteiger partial charge is 0.0443 e. The van der Waals surface area contributed by atoms with Crippen molar-refractivity contribution in [2.75, 3.05) is 0 Å². The van der Waals surface area contributed by atoms with Gasteiger partial charge in [0, 0.05) is 9.16 Å². The molecule has 0 amide bonds. The van der Waals surface area contributed by atoms with Crippen LogP contribution in [0.25, 0.3) is 0 Å². The predicted octanol–water partition coefficient (Wildman–Crippen LogP) is 2.14. The molecule has 0 heterocycles. The molecule has 0 saturated carbocycles. The molecule has 0 aromatic rings. The molecule has 8 heavy (non-hydrogen) atoms. The fourth-order valence-electron chi connectivity index (χ4n) is 0.298. The van der Waals surface area contributed by atoms with Gasteiger partial charge in [0.1, 0.15) is 0 Å². The van der Waals surface area contributed by atoms with E-state index in [9.17, 15) is 0 Å². The van der Waals surface area contributed by atoms with Crippen molar-refractivity contribution in [3.63, 3.8) is 0 Å². The van der Waals surface area contributed by atoms with Crippen LogP contribution in [-0.4, -0.2) is 9.16 Å². The van der Waals surface area contributed by atoms with Gasteiger partial charge in [-0.05, 0) is 12.8 Å². The van der Waals surface area contributed by atoms with Gasteiger partial charge in [0.15, 0.2) is 0 Å². The van der Waals surface area contributed by atoms with Crippen molar-refractivity contribution in [2.24, 2.45) is 0 Å². The van der Waals surface area contributed by atoms with Crippen LogP contribution in [0.15, 0.2) is 0 Å². The quantitative estimate of drug-likeness (QED) is 0.377. The summed E-state index contributed by atoms with van der Waals surface area (Å²) in [6, 6.07) is 0. The molecule has 0 nitrogen and oxygen atoms in total. The first-order valence-electron chi connectivity index (χ1n) is 2.35. The Kier molecular flexibility index (Phi) is 6.12. The summed E-state index contributed by atoms with van der Waals surface area (Å²) in [5.74, 6) is 0. The minimum Gasteiger partial charge on any atom is -0.165 e. The van der Waals surface area contributed by atoms with Crippen LogP contribution in [0.3, 0.4) is 0 Å². The van der Waals surface area contributed by atoms with E-state index in [1.807, 2.05) is 0 Å². The molecule has 0 aliphatic rings. The molecule has 0 unspecified atom stereocenters. The first kappa shape index (κ1) is 9.40. The summed E-state index contributed by atoms with van der Waals surface area (Å²) in [5.41, 5.74) is 0. The van der Waals surface area contributed by atoms with Crippen molar-refractivity contribution in [1.29, 1.82) is 0 Å². The Morgan fingerprint density at radius 1 is 0.750 bits per heavy atom. The molecule has 0 fully saturated rings. The monoisotopic (exact) mass is 186 g/mol. The van der Waals surface area contributed by atoms with E-state index in [4.69, 9.17) is 0 Å². The SMILES string of the molecule is SC(S)CCC(S)S. The highest BCUT2D eigenvalue weighted by atomic mass is 32.2. The van der Waals surface area contributed by atoms with Crippen LogP contribution in [0.1, 0.15) is 12.8 Å². The van der Waals surface area contributed by atoms with E-state index >= 15 is 0 Å². The van der Waals surface area contributed by atoms with E-state index in [1.54, 1.807) is 0 Å². The zero-order valence-electron chi connectivity index (χ0n) is 4.36. The van der Waals surface area contributed by atoms with Crippen molar-refractivity contribution in [1.82, 2.24) is 0 Å². The van der Waals surface area contributed by atoms with Crippen molar-refractivity contribution in [3.8, 4) is 0 Å². The van der Waals surface area contributed by atoms with Gasteiger partial charge in [0.25, 0.3) is 0 Å². The number of thiol groups is 4. The Labute approximate surface area is 72.5 Å². The third-order valence-electron chi connectivity index (χ3n) is 0.683. The zero-order valence-corrected chi connectivity index (χ0v) is 7.94. The molecule has 0 spiro atoms. The summed E-state index contributed by atoms with van der Waals surface area (Å²) in [7, 11) is 0. The second-order valence-corrected chi connectivity index (χ2v) is 4.85. The van der Waals surface area contributed by atoms with Crippen LogP contribution in [0, 0.1) is 0 Å². The Balaban J connectivity index is 2.93. The molecule has 0 aliphatic carbocycles. The highest BCUT2D eigenvalue weighted by molar-refractivity contribution is 7.99. The molecule has 0 N–H and O–H groups in total. The Hall–Kier alpha value is 1.40. The summed E-state index contributed by atoms with van der Waals surface area (Å²) >= 11 is 16.3. The first-order valence-corrected chi connectivity index (χ1v) is 4.41.